The van der Waals surface area contributed by atoms with Gasteiger partial charge in [-0.15, -0.1) is 11.8 Å². The van der Waals surface area contributed by atoms with Gasteiger partial charge in [-0.25, -0.2) is 4.98 Å². The fourth-order valence-corrected chi connectivity index (χ4v) is 3.03. The molecule has 0 bridgehead atoms. The molecule has 1 aromatic heterocycles. The van der Waals surface area contributed by atoms with Gasteiger partial charge in [0.05, 0.1) is 6.04 Å². The summed E-state index contributed by atoms with van der Waals surface area (Å²) in [7, 11) is 0. The Bertz CT molecular complexity index is 581. The molecule has 21 heavy (non-hydrogen) atoms. The van der Waals surface area contributed by atoms with Crippen LogP contribution in [0.2, 0.25) is 0 Å². The van der Waals surface area contributed by atoms with Crippen molar-refractivity contribution in [3.8, 4) is 0 Å². The lowest BCUT2D eigenvalue weighted by atomic mass is 9.98. The van der Waals surface area contributed by atoms with Gasteiger partial charge in [-0.05, 0) is 48.5 Å². The predicted molar refractivity (Wildman–Crippen MR) is 91.7 cm³/mol. The van der Waals surface area contributed by atoms with Crippen LogP contribution in [0.5, 0.6) is 0 Å². The van der Waals surface area contributed by atoms with Gasteiger partial charge in [0.1, 0.15) is 5.82 Å². The van der Waals surface area contributed by atoms with E-state index < -0.39 is 0 Å². The van der Waals surface area contributed by atoms with E-state index in [1.54, 1.807) is 0 Å². The van der Waals surface area contributed by atoms with Gasteiger partial charge >= 0.3 is 0 Å². The van der Waals surface area contributed by atoms with Crippen LogP contribution in [0.1, 0.15) is 36.6 Å². The monoisotopic (exact) mass is 301 g/mol. The van der Waals surface area contributed by atoms with Crippen LogP contribution >= 0.6 is 11.8 Å². The van der Waals surface area contributed by atoms with Crippen molar-refractivity contribution >= 4 is 17.6 Å². The van der Waals surface area contributed by atoms with Gasteiger partial charge in [-0.2, -0.15) is 0 Å². The third kappa shape index (κ3) is 3.99. The second-order valence-corrected chi connectivity index (χ2v) is 6.32. The van der Waals surface area contributed by atoms with Crippen LogP contribution in [0.15, 0.2) is 41.4 Å². The molecule has 0 aliphatic carbocycles. The molecule has 112 valence electrons. The van der Waals surface area contributed by atoms with Crippen LogP contribution in [0.4, 0.5) is 5.82 Å². The Morgan fingerprint density at radius 2 is 1.95 bits per heavy atom. The summed E-state index contributed by atoms with van der Waals surface area (Å²) in [6, 6.07) is 10.9. The first-order valence-corrected chi connectivity index (χ1v) is 8.32. The first-order chi connectivity index (χ1) is 10.2. The average molecular weight is 301 g/mol. The number of pyridine rings is 1. The highest BCUT2D eigenvalue weighted by Crippen LogP contribution is 2.28. The predicted octanol–water partition coefficient (Wildman–Crippen LogP) is 3.78. The van der Waals surface area contributed by atoms with E-state index in [-0.39, 0.29) is 6.04 Å². The van der Waals surface area contributed by atoms with Gasteiger partial charge in [0.2, 0.25) is 0 Å². The first-order valence-electron chi connectivity index (χ1n) is 7.33. The van der Waals surface area contributed by atoms with Gasteiger partial charge in [0.15, 0.2) is 0 Å². The lowest BCUT2D eigenvalue weighted by Crippen LogP contribution is -2.23. The molecular weight excluding hydrogens is 278 g/mol. The summed E-state index contributed by atoms with van der Waals surface area (Å²) >= 11 is 1.85. The molecule has 0 amide bonds. The van der Waals surface area contributed by atoms with Gasteiger partial charge in [0, 0.05) is 16.7 Å². The van der Waals surface area contributed by atoms with Gasteiger partial charge in [-0.3, -0.25) is 0 Å². The largest absolute Gasteiger partial charge is 0.383 e. The summed E-state index contributed by atoms with van der Waals surface area (Å²) in [4.78, 5) is 5.59. The third-order valence-corrected chi connectivity index (χ3v) is 4.22. The summed E-state index contributed by atoms with van der Waals surface area (Å²) in [6.07, 6.45) is 1.81. The van der Waals surface area contributed by atoms with Crippen LogP contribution < -0.4 is 11.1 Å². The molecule has 2 aromatic rings. The van der Waals surface area contributed by atoms with E-state index in [4.69, 9.17) is 5.73 Å². The van der Waals surface area contributed by atoms with Crippen molar-refractivity contribution in [1.82, 2.24) is 10.3 Å². The number of rotatable bonds is 6. The van der Waals surface area contributed by atoms with Crippen LogP contribution in [-0.2, 0) is 0 Å². The molecule has 0 saturated heterocycles. The second-order valence-electron chi connectivity index (χ2n) is 4.98. The van der Waals surface area contributed by atoms with E-state index in [9.17, 15) is 0 Å². The number of nitrogens with two attached hydrogens (primary N) is 1. The molecule has 3 nitrogen and oxygen atoms in total. The van der Waals surface area contributed by atoms with E-state index in [0.29, 0.717) is 5.82 Å². The second kappa shape index (κ2) is 7.48. The topological polar surface area (TPSA) is 50.9 Å². The highest BCUT2D eigenvalue weighted by molar-refractivity contribution is 7.99. The molecule has 1 atom stereocenters. The summed E-state index contributed by atoms with van der Waals surface area (Å²) in [5.74, 6) is 1.68. The molecule has 1 heterocycles. The Balaban J connectivity index is 2.35. The lowest BCUT2D eigenvalue weighted by Gasteiger charge is -2.21. The smallest absolute Gasteiger partial charge is 0.128 e. The zero-order chi connectivity index (χ0) is 15.2. The Morgan fingerprint density at radius 3 is 2.57 bits per heavy atom. The molecule has 0 aliphatic rings. The van der Waals surface area contributed by atoms with E-state index in [2.05, 4.69) is 54.5 Å². The van der Waals surface area contributed by atoms with Crippen molar-refractivity contribution in [2.75, 3.05) is 18.0 Å². The maximum atomic E-state index is 6.08. The third-order valence-electron chi connectivity index (χ3n) is 3.33. The van der Waals surface area contributed by atoms with Gasteiger partial charge in [-0.1, -0.05) is 26.0 Å². The molecule has 4 heteroatoms. The highest BCUT2D eigenvalue weighted by atomic mass is 32.2. The van der Waals surface area contributed by atoms with Crippen LogP contribution in [0.25, 0.3) is 0 Å². The van der Waals surface area contributed by atoms with E-state index in [1.165, 1.54) is 10.5 Å². The Morgan fingerprint density at radius 1 is 1.24 bits per heavy atom. The highest BCUT2D eigenvalue weighted by Gasteiger charge is 2.16. The minimum atomic E-state index is 0.0862. The van der Waals surface area contributed by atoms with Crippen LogP contribution in [0.3, 0.4) is 0 Å². The SMILES string of the molecule is CCNC(c1ccc(SCC)cc1)c1cc(C)cnc1N. The molecule has 0 saturated carbocycles. The van der Waals surface area contributed by atoms with Crippen molar-refractivity contribution in [1.29, 1.82) is 0 Å². The Labute approximate surface area is 131 Å². The molecule has 1 aromatic carbocycles. The fraction of sp³-hybridized carbons (Fsp3) is 0.353. The molecule has 0 fully saturated rings. The van der Waals surface area contributed by atoms with Gasteiger partial charge in [0.25, 0.3) is 0 Å². The molecule has 3 N–H and O–H groups in total. The molecule has 2 rings (SSSR count). The molecule has 0 aliphatic heterocycles. The Kier molecular flexibility index (Phi) is 5.65. The zero-order valence-corrected chi connectivity index (χ0v) is 13.7. The normalized spacial score (nSPS) is 12.3. The summed E-state index contributed by atoms with van der Waals surface area (Å²) in [5.41, 5.74) is 9.47. The average Bonchev–Trinajstić information content (AvgIpc) is 2.49. The first kappa shape index (κ1) is 15.9. The van der Waals surface area contributed by atoms with Crippen LogP contribution in [0, 0.1) is 6.92 Å². The standard InChI is InChI=1S/C17H23N3S/c1-4-19-16(15-10-12(3)11-20-17(15)18)13-6-8-14(9-7-13)21-5-2/h6-11,16,19H,4-5H2,1-3H3,(H2,18,20). The molecule has 0 radical (unpaired) electrons. The summed E-state index contributed by atoms with van der Waals surface area (Å²) < 4.78 is 0. The number of benzene rings is 1. The van der Waals surface area contributed by atoms with E-state index in [0.717, 1.165) is 23.4 Å². The number of nitrogen functional groups attached to an aromatic ring is 1. The van der Waals surface area contributed by atoms with E-state index >= 15 is 0 Å². The number of nitrogens with zero attached hydrogens (tertiary/aromatic N) is 1. The van der Waals surface area contributed by atoms with Crippen LogP contribution in [-0.4, -0.2) is 17.3 Å². The minimum absolute atomic E-state index is 0.0862. The fourth-order valence-electron chi connectivity index (χ4n) is 2.37. The molecule has 1 unspecified atom stereocenters. The molecular formula is C17H23N3S. The maximum absolute atomic E-state index is 6.08. The van der Waals surface area contributed by atoms with E-state index in [1.807, 2.05) is 24.9 Å². The quantitative estimate of drug-likeness (QED) is 0.797. The number of hydrogen-bond donors (Lipinski definition) is 2. The minimum Gasteiger partial charge on any atom is -0.383 e. The number of thioether (sulfide) groups is 1. The van der Waals surface area contributed by atoms with Gasteiger partial charge < -0.3 is 11.1 Å². The Hall–Kier alpha value is -1.52. The van der Waals surface area contributed by atoms with Crippen molar-refractivity contribution in [2.45, 2.75) is 31.7 Å². The number of hydrogen-bond acceptors (Lipinski definition) is 4. The van der Waals surface area contributed by atoms with Crippen molar-refractivity contribution in [3.05, 3.63) is 53.2 Å². The lowest BCUT2D eigenvalue weighted by molar-refractivity contribution is 0.629. The zero-order valence-electron chi connectivity index (χ0n) is 12.9. The van der Waals surface area contributed by atoms with Crippen molar-refractivity contribution in [3.63, 3.8) is 0 Å². The van der Waals surface area contributed by atoms with Crippen molar-refractivity contribution in [2.24, 2.45) is 0 Å². The number of aryl methyl sites for hydroxylation is 1. The van der Waals surface area contributed by atoms with Crippen molar-refractivity contribution < 1.29 is 0 Å². The maximum Gasteiger partial charge on any atom is 0.128 e. The summed E-state index contributed by atoms with van der Waals surface area (Å²) in [6.45, 7) is 7.19. The number of nitrogens with one attached hydrogen (secondary N) is 1. The number of anilines is 1. The summed E-state index contributed by atoms with van der Waals surface area (Å²) in [5, 5.41) is 3.51. The molecule has 0 spiro atoms. The number of aromatic nitrogens is 1.